The van der Waals surface area contributed by atoms with E-state index in [1.807, 2.05) is 44.4 Å². The number of hydrogen-bond acceptors (Lipinski definition) is 3. The van der Waals surface area contributed by atoms with Crippen molar-refractivity contribution in [2.24, 2.45) is 0 Å². The van der Waals surface area contributed by atoms with E-state index in [0.29, 0.717) is 6.54 Å². The molecule has 0 unspecified atom stereocenters. The summed E-state index contributed by atoms with van der Waals surface area (Å²) >= 11 is 1.64. The number of urea groups is 1. The van der Waals surface area contributed by atoms with Crippen molar-refractivity contribution in [3.05, 3.63) is 40.7 Å². The molecular weight excluding hydrogens is 270 g/mol. The van der Waals surface area contributed by atoms with Crippen LogP contribution in [0, 0.1) is 0 Å². The monoisotopic (exact) mass is 289 g/mol. The summed E-state index contributed by atoms with van der Waals surface area (Å²) in [7, 11) is 0. The Morgan fingerprint density at radius 3 is 2.80 bits per heavy atom. The van der Waals surface area contributed by atoms with Crippen LogP contribution in [0.15, 0.2) is 35.2 Å². The third-order valence-corrected chi connectivity index (χ3v) is 3.30. The SMILES string of the molecule is CC(C)(C)NC(=O)NCc1cccnc1-c1ccsc1. The van der Waals surface area contributed by atoms with E-state index in [9.17, 15) is 4.79 Å². The molecule has 0 saturated carbocycles. The Morgan fingerprint density at radius 2 is 2.15 bits per heavy atom. The molecule has 0 saturated heterocycles. The molecule has 0 aromatic carbocycles. The van der Waals surface area contributed by atoms with Crippen molar-refractivity contribution in [1.82, 2.24) is 15.6 Å². The number of rotatable bonds is 3. The molecular formula is C15H19N3OS. The van der Waals surface area contributed by atoms with Gasteiger partial charge in [0.1, 0.15) is 0 Å². The number of carbonyl (C=O) groups is 1. The van der Waals surface area contributed by atoms with Crippen molar-refractivity contribution >= 4 is 17.4 Å². The third-order valence-electron chi connectivity index (χ3n) is 2.61. The van der Waals surface area contributed by atoms with Crippen LogP contribution in [0.1, 0.15) is 26.3 Å². The smallest absolute Gasteiger partial charge is 0.315 e. The third kappa shape index (κ3) is 4.06. The van der Waals surface area contributed by atoms with Gasteiger partial charge in [0.05, 0.1) is 5.69 Å². The lowest BCUT2D eigenvalue weighted by Gasteiger charge is -2.21. The maximum absolute atomic E-state index is 11.8. The summed E-state index contributed by atoms with van der Waals surface area (Å²) in [5.74, 6) is 0. The summed E-state index contributed by atoms with van der Waals surface area (Å²) in [5.41, 5.74) is 2.78. The van der Waals surface area contributed by atoms with Crippen LogP contribution in [0.2, 0.25) is 0 Å². The van der Waals surface area contributed by atoms with Crippen LogP contribution in [-0.2, 0) is 6.54 Å². The number of hydrogen-bond donors (Lipinski definition) is 2. The number of nitrogens with one attached hydrogen (secondary N) is 2. The molecule has 2 rings (SSSR count). The highest BCUT2D eigenvalue weighted by Gasteiger charge is 2.14. The Labute approximate surface area is 123 Å². The summed E-state index contributed by atoms with van der Waals surface area (Å²) in [6, 6.07) is 5.73. The van der Waals surface area contributed by atoms with Crippen LogP contribution in [0.4, 0.5) is 4.79 Å². The minimum absolute atomic E-state index is 0.169. The standard InChI is InChI=1S/C15H19N3OS/c1-15(2,3)18-14(19)17-9-11-5-4-7-16-13(11)12-6-8-20-10-12/h4-8,10H,9H2,1-3H3,(H2,17,18,19). The lowest BCUT2D eigenvalue weighted by Crippen LogP contribution is -2.46. The Balaban J connectivity index is 2.06. The lowest BCUT2D eigenvalue weighted by molar-refractivity contribution is 0.231. The zero-order valence-corrected chi connectivity index (χ0v) is 12.8. The number of amides is 2. The van der Waals surface area contributed by atoms with Crippen LogP contribution in [0.3, 0.4) is 0 Å². The Morgan fingerprint density at radius 1 is 1.35 bits per heavy atom. The minimum Gasteiger partial charge on any atom is -0.334 e. The molecule has 2 heterocycles. The van der Waals surface area contributed by atoms with E-state index in [1.165, 1.54) is 0 Å². The first-order valence-corrected chi connectivity index (χ1v) is 7.42. The fourth-order valence-electron chi connectivity index (χ4n) is 1.80. The van der Waals surface area contributed by atoms with Crippen LogP contribution in [-0.4, -0.2) is 16.6 Å². The van der Waals surface area contributed by atoms with Gasteiger partial charge in [-0.25, -0.2) is 4.79 Å². The number of nitrogens with zero attached hydrogens (tertiary/aromatic N) is 1. The molecule has 0 aliphatic carbocycles. The van der Waals surface area contributed by atoms with Gasteiger partial charge < -0.3 is 10.6 Å². The maximum Gasteiger partial charge on any atom is 0.315 e. The topological polar surface area (TPSA) is 54.0 Å². The molecule has 0 atom stereocenters. The number of pyridine rings is 1. The highest BCUT2D eigenvalue weighted by atomic mass is 32.1. The second-order valence-electron chi connectivity index (χ2n) is 5.58. The number of thiophene rings is 1. The molecule has 0 fully saturated rings. The van der Waals surface area contributed by atoms with Crippen molar-refractivity contribution in [1.29, 1.82) is 0 Å². The molecule has 2 aromatic heterocycles. The largest absolute Gasteiger partial charge is 0.334 e. The quantitative estimate of drug-likeness (QED) is 0.909. The first kappa shape index (κ1) is 14.5. The van der Waals surface area contributed by atoms with Crippen molar-refractivity contribution < 1.29 is 4.79 Å². The minimum atomic E-state index is -0.241. The van der Waals surface area contributed by atoms with E-state index in [1.54, 1.807) is 17.5 Å². The molecule has 0 spiro atoms. The highest BCUT2D eigenvalue weighted by Crippen LogP contribution is 2.23. The summed E-state index contributed by atoms with van der Waals surface area (Å²) in [5, 5.41) is 9.82. The number of carbonyl (C=O) groups excluding carboxylic acids is 1. The van der Waals surface area contributed by atoms with Gasteiger partial charge in [0.15, 0.2) is 0 Å². The molecule has 2 N–H and O–H groups in total. The van der Waals surface area contributed by atoms with Crippen LogP contribution >= 0.6 is 11.3 Å². The van der Waals surface area contributed by atoms with Gasteiger partial charge in [-0.2, -0.15) is 11.3 Å². The molecule has 0 radical (unpaired) electrons. The summed E-state index contributed by atoms with van der Waals surface area (Å²) in [6.07, 6.45) is 1.77. The van der Waals surface area contributed by atoms with Gasteiger partial charge in [-0.3, -0.25) is 4.98 Å². The molecule has 2 amide bonds. The first-order chi connectivity index (χ1) is 9.46. The fraction of sp³-hybridized carbons (Fsp3) is 0.333. The average Bonchev–Trinajstić information content (AvgIpc) is 2.88. The Hall–Kier alpha value is -1.88. The molecule has 2 aromatic rings. The Kier molecular flexibility index (Phi) is 4.39. The molecule has 106 valence electrons. The molecule has 20 heavy (non-hydrogen) atoms. The van der Waals surface area contributed by atoms with E-state index in [2.05, 4.69) is 21.0 Å². The molecule has 5 heteroatoms. The van der Waals surface area contributed by atoms with Gasteiger partial charge in [0.2, 0.25) is 0 Å². The summed E-state index contributed by atoms with van der Waals surface area (Å²) < 4.78 is 0. The van der Waals surface area contributed by atoms with Crippen LogP contribution < -0.4 is 10.6 Å². The van der Waals surface area contributed by atoms with Crippen molar-refractivity contribution in [2.75, 3.05) is 0 Å². The van der Waals surface area contributed by atoms with Crippen molar-refractivity contribution in [3.8, 4) is 11.3 Å². The molecule has 0 aliphatic rings. The highest BCUT2D eigenvalue weighted by molar-refractivity contribution is 7.08. The predicted molar refractivity (Wildman–Crippen MR) is 82.7 cm³/mol. The van der Waals surface area contributed by atoms with E-state index in [-0.39, 0.29) is 11.6 Å². The van der Waals surface area contributed by atoms with E-state index in [4.69, 9.17) is 0 Å². The van der Waals surface area contributed by atoms with Gasteiger partial charge >= 0.3 is 6.03 Å². The molecule has 4 nitrogen and oxygen atoms in total. The fourth-order valence-corrected chi connectivity index (χ4v) is 2.44. The zero-order valence-electron chi connectivity index (χ0n) is 11.9. The van der Waals surface area contributed by atoms with Gasteiger partial charge in [-0.05, 0) is 43.8 Å². The Bertz CT molecular complexity index is 573. The van der Waals surface area contributed by atoms with Gasteiger partial charge in [-0.1, -0.05) is 6.07 Å². The summed E-state index contributed by atoms with van der Waals surface area (Å²) in [4.78, 5) is 16.2. The summed E-state index contributed by atoms with van der Waals surface area (Å²) in [6.45, 7) is 6.31. The zero-order chi connectivity index (χ0) is 14.6. The molecule has 0 bridgehead atoms. The first-order valence-electron chi connectivity index (χ1n) is 6.48. The number of aromatic nitrogens is 1. The van der Waals surface area contributed by atoms with E-state index >= 15 is 0 Å². The van der Waals surface area contributed by atoms with Crippen LogP contribution in [0.25, 0.3) is 11.3 Å². The second-order valence-corrected chi connectivity index (χ2v) is 6.36. The van der Waals surface area contributed by atoms with E-state index in [0.717, 1.165) is 16.8 Å². The molecule has 0 aliphatic heterocycles. The van der Waals surface area contributed by atoms with Crippen LogP contribution in [0.5, 0.6) is 0 Å². The average molecular weight is 289 g/mol. The predicted octanol–water partition coefficient (Wildman–Crippen LogP) is 3.41. The van der Waals surface area contributed by atoms with E-state index < -0.39 is 0 Å². The van der Waals surface area contributed by atoms with Gasteiger partial charge in [-0.15, -0.1) is 0 Å². The van der Waals surface area contributed by atoms with Crippen molar-refractivity contribution in [3.63, 3.8) is 0 Å². The van der Waals surface area contributed by atoms with Gasteiger partial charge in [0, 0.05) is 29.2 Å². The maximum atomic E-state index is 11.8. The lowest BCUT2D eigenvalue weighted by atomic mass is 10.1. The normalized spacial score (nSPS) is 11.2. The van der Waals surface area contributed by atoms with Crippen molar-refractivity contribution in [2.45, 2.75) is 32.9 Å². The second kappa shape index (κ2) is 6.05. The van der Waals surface area contributed by atoms with Gasteiger partial charge in [0.25, 0.3) is 0 Å².